The zero-order valence-electron chi connectivity index (χ0n) is 43.2. The van der Waals surface area contributed by atoms with Gasteiger partial charge in [0, 0.05) is 32.5 Å². The first kappa shape index (κ1) is 54.8. The van der Waals surface area contributed by atoms with Crippen molar-refractivity contribution in [3.63, 3.8) is 0 Å². The van der Waals surface area contributed by atoms with E-state index in [0.717, 1.165) is 72.7 Å². The average Bonchev–Trinajstić information content (AvgIpc) is 4.17. The monoisotopic (exact) mass is 1120 g/mol. The van der Waals surface area contributed by atoms with Gasteiger partial charge in [-0.2, -0.15) is 0 Å². The van der Waals surface area contributed by atoms with Gasteiger partial charge in [0.15, 0.2) is 5.67 Å². The van der Waals surface area contributed by atoms with Gasteiger partial charge in [-0.1, -0.05) is 66.7 Å². The molecular formula is C62H66BrF2N6O5P. The Morgan fingerprint density at radius 2 is 1.06 bits per heavy atom. The number of aromatic nitrogens is 2. The predicted molar refractivity (Wildman–Crippen MR) is 309 cm³/mol. The summed E-state index contributed by atoms with van der Waals surface area (Å²) in [4.78, 5) is 36.3. The molecule has 2 atom stereocenters. The van der Waals surface area contributed by atoms with Crippen LogP contribution in [0.15, 0.2) is 182 Å². The number of rotatable bonds is 12. The molecule has 6 heterocycles. The fourth-order valence-electron chi connectivity index (χ4n) is 10.2. The summed E-state index contributed by atoms with van der Waals surface area (Å²) in [5, 5.41) is 16.6. The number of hydrogen-bond acceptors (Lipinski definition) is 9. The molecule has 2 amide bonds. The summed E-state index contributed by atoms with van der Waals surface area (Å²) in [6.45, 7) is 2.24. The number of aliphatic hydroxyl groups excluding tert-OH is 1. The van der Waals surface area contributed by atoms with Gasteiger partial charge in [0.1, 0.15) is 24.7 Å². The first-order chi connectivity index (χ1) is 37.4. The van der Waals surface area contributed by atoms with Gasteiger partial charge in [0.2, 0.25) is 0 Å². The SMILES string of the molecule is BrP(Cc1ccc2c(n1)NCCC2)(c1ccccc1)(c1ccccc1)c1ccccc1.O=C(OCc1ccccc1)N1CCC(F)(/C=C/c2ccc3c(n2)NCCC3)C1.O=C(OCc1ccccc1)N1CCC(F)(CO)C1. The number of carbonyl (C=O) groups is 2. The molecule has 400 valence electrons. The van der Waals surface area contributed by atoms with Crippen molar-refractivity contribution in [1.29, 1.82) is 0 Å². The van der Waals surface area contributed by atoms with Gasteiger partial charge in [0.25, 0.3) is 0 Å². The summed E-state index contributed by atoms with van der Waals surface area (Å²) in [5.41, 5.74) is 2.92. The number of halogens is 3. The van der Waals surface area contributed by atoms with Gasteiger partial charge in [0.05, 0.1) is 25.4 Å². The summed E-state index contributed by atoms with van der Waals surface area (Å²) in [7, 11) is 0. The number of amides is 2. The van der Waals surface area contributed by atoms with Crippen LogP contribution < -0.4 is 26.5 Å². The maximum atomic E-state index is 15.1. The summed E-state index contributed by atoms with van der Waals surface area (Å²) in [6.07, 6.45) is 7.84. The van der Waals surface area contributed by atoms with Gasteiger partial charge in [-0.3, -0.25) is 0 Å². The van der Waals surface area contributed by atoms with Crippen LogP contribution in [-0.2, 0) is 41.7 Å². The van der Waals surface area contributed by atoms with Crippen molar-refractivity contribution in [1.82, 2.24) is 19.8 Å². The van der Waals surface area contributed by atoms with Crippen LogP contribution in [0.5, 0.6) is 0 Å². The van der Waals surface area contributed by atoms with E-state index in [-0.39, 0.29) is 45.7 Å². The van der Waals surface area contributed by atoms with Gasteiger partial charge < -0.3 is 29.7 Å². The fraction of sp³-hybridized carbons (Fsp3) is 0.290. The number of fused-ring (bicyclic) bond motifs is 2. The third kappa shape index (κ3) is 13.4. The number of alkyl halides is 2. The van der Waals surface area contributed by atoms with Gasteiger partial charge in [-0.15, -0.1) is 0 Å². The van der Waals surface area contributed by atoms with Crippen LogP contribution in [0.1, 0.15) is 59.3 Å². The number of likely N-dealkylation sites (tertiary alicyclic amines) is 2. The molecule has 2 saturated heterocycles. The average molecular weight is 1120 g/mol. The van der Waals surface area contributed by atoms with E-state index < -0.39 is 35.4 Å². The smallest absolute Gasteiger partial charge is 0.410 e. The van der Waals surface area contributed by atoms with Crippen LogP contribution in [0.3, 0.4) is 0 Å². The minimum absolute atomic E-state index is 0.000311. The Kier molecular flexibility index (Phi) is 17.8. The third-order valence-electron chi connectivity index (χ3n) is 14.5. The molecular weight excluding hydrogens is 1060 g/mol. The molecule has 4 aliphatic rings. The van der Waals surface area contributed by atoms with Crippen molar-refractivity contribution < 1.29 is 33.0 Å². The molecule has 2 fully saturated rings. The van der Waals surface area contributed by atoms with E-state index in [9.17, 15) is 14.0 Å². The van der Waals surface area contributed by atoms with Crippen molar-refractivity contribution in [3.05, 3.63) is 216 Å². The second kappa shape index (κ2) is 25.0. The third-order valence-corrected chi connectivity index (χ3v) is 24.0. The van der Waals surface area contributed by atoms with E-state index in [1.807, 2.05) is 72.8 Å². The first-order valence-corrected chi connectivity index (χ1v) is 30.8. The summed E-state index contributed by atoms with van der Waals surface area (Å²) in [5.74, 6) is 1.94. The first-order valence-electron chi connectivity index (χ1n) is 26.4. The Morgan fingerprint density at radius 3 is 1.56 bits per heavy atom. The number of aliphatic hydroxyl groups is 1. The number of pyridine rings is 2. The molecule has 7 aromatic rings. The topological polar surface area (TPSA) is 129 Å². The van der Waals surface area contributed by atoms with Crippen molar-refractivity contribution in [2.24, 2.45) is 0 Å². The van der Waals surface area contributed by atoms with Crippen LogP contribution in [-0.4, -0.2) is 94.3 Å². The Labute approximate surface area is 458 Å². The standard InChI is InChI=1S/C27H26BrN2P.C22H24FN3O2.C13H16FNO3/c28-31(24-12-4-1-5-13-24,25-14-6-2-7-15-25,26-16-8-3-9-17-26)21-23-19-18-22-11-10-20-29-27(22)30-23;23-22(11-10-19-9-8-18-7-4-13-24-20(18)25-19)12-14-26(16-22)21(27)28-15-17-5-2-1-3-6-17;14-13(10-16)6-7-15(9-13)12(17)18-8-11-4-2-1-3-5-11/h1-9,12-19H,10-11,20-21H2,(H,29,30);1-3,5-6,8-11H,4,7,12-16H2,(H,24,25);1-5,16H,6-10H2/b;11-10+;. The van der Waals surface area contributed by atoms with Crippen molar-refractivity contribution in [2.45, 2.75) is 69.2 Å². The molecule has 0 bridgehead atoms. The molecule has 3 N–H and O–H groups in total. The van der Waals surface area contributed by atoms with Gasteiger partial charge in [-0.25, -0.2) is 23.4 Å². The molecule has 4 aliphatic heterocycles. The van der Waals surface area contributed by atoms with E-state index in [2.05, 4.69) is 134 Å². The number of ether oxygens (including phenoxy) is 2. The zero-order valence-corrected chi connectivity index (χ0v) is 45.6. The van der Waals surface area contributed by atoms with E-state index in [4.69, 9.17) is 19.6 Å². The van der Waals surface area contributed by atoms with Crippen molar-refractivity contribution >= 4 is 66.6 Å². The molecule has 11 rings (SSSR count). The van der Waals surface area contributed by atoms with Crippen LogP contribution in [0.2, 0.25) is 0 Å². The predicted octanol–water partition coefficient (Wildman–Crippen LogP) is 11.7. The van der Waals surface area contributed by atoms with Crippen molar-refractivity contribution in [2.75, 3.05) is 56.5 Å². The number of aryl methyl sites for hydroxylation is 2. The number of carbonyl (C=O) groups excluding carboxylic acids is 2. The van der Waals surface area contributed by atoms with Gasteiger partial charge >= 0.3 is 205 Å². The Morgan fingerprint density at radius 1 is 0.610 bits per heavy atom. The molecule has 11 nitrogen and oxygen atoms in total. The minimum Gasteiger partial charge on any atom is -0.445 e. The minimum atomic E-state index is -3.01. The Bertz CT molecular complexity index is 3000. The molecule has 0 saturated carbocycles. The molecule has 15 heteroatoms. The molecule has 0 spiro atoms. The summed E-state index contributed by atoms with van der Waals surface area (Å²) < 4.78 is 39.2. The molecule has 0 aliphatic carbocycles. The number of anilines is 2. The largest absolute Gasteiger partial charge is 0.445 e. The van der Waals surface area contributed by atoms with Crippen molar-refractivity contribution in [3.8, 4) is 0 Å². The van der Waals surface area contributed by atoms with Crippen LogP contribution in [0, 0.1) is 0 Å². The summed E-state index contributed by atoms with van der Waals surface area (Å²) in [6, 6.07) is 59.9. The van der Waals surface area contributed by atoms with Crippen LogP contribution in [0.25, 0.3) is 6.08 Å². The number of benzene rings is 5. The number of hydrogen-bond donors (Lipinski definition) is 3. The molecule has 2 aromatic heterocycles. The molecule has 77 heavy (non-hydrogen) atoms. The number of nitrogens with zero attached hydrogens (tertiary/aromatic N) is 4. The number of nitrogens with one attached hydrogen (secondary N) is 2. The Balaban J connectivity index is 0.000000146. The van der Waals surface area contributed by atoms with E-state index in [1.54, 1.807) is 6.08 Å². The second-order valence-corrected chi connectivity index (χ2v) is 29.0. The fourth-order valence-corrected chi connectivity index (χ4v) is 17.7. The maximum absolute atomic E-state index is 15.1. The van der Waals surface area contributed by atoms with Crippen LogP contribution in [0.4, 0.5) is 30.0 Å². The molecule has 5 aromatic carbocycles. The zero-order chi connectivity index (χ0) is 53.6. The Hall–Kier alpha value is -6.99. The summed E-state index contributed by atoms with van der Waals surface area (Å²) >= 11 is 4.52. The second-order valence-electron chi connectivity index (χ2n) is 20.1. The normalized spacial score (nSPS) is 19.1. The quantitative estimate of drug-likeness (QED) is 0.102. The molecule has 2 unspecified atom stereocenters. The maximum Gasteiger partial charge on any atom is 0.410 e. The van der Waals surface area contributed by atoms with E-state index >= 15 is 4.39 Å². The van der Waals surface area contributed by atoms with Gasteiger partial charge in [-0.05, 0) is 47.8 Å². The van der Waals surface area contributed by atoms with Crippen LogP contribution >= 0.6 is 20.8 Å². The van der Waals surface area contributed by atoms with E-state index in [1.165, 1.54) is 49.3 Å². The van der Waals surface area contributed by atoms with E-state index in [0.29, 0.717) is 6.54 Å². The molecule has 0 radical (unpaired) electrons.